The van der Waals surface area contributed by atoms with E-state index >= 15 is 0 Å². The zero-order valence-corrected chi connectivity index (χ0v) is 8.99. The molecule has 15 heavy (non-hydrogen) atoms. The summed E-state index contributed by atoms with van der Waals surface area (Å²) in [5.41, 5.74) is 3.74. The zero-order valence-electron chi connectivity index (χ0n) is 8.99. The summed E-state index contributed by atoms with van der Waals surface area (Å²) in [6.45, 7) is 5.97. The molecule has 1 aromatic carbocycles. The number of nitrogens with zero attached hydrogens (tertiary/aromatic N) is 2. The molecule has 0 aliphatic carbocycles. The SMILES string of the molecule is C=C1c2ccc(BO)cc2N=C(C)N1C. The van der Waals surface area contributed by atoms with E-state index in [2.05, 4.69) is 11.6 Å². The van der Waals surface area contributed by atoms with Gasteiger partial charge in [0.15, 0.2) is 0 Å². The standard InChI is InChI=1S/C11H13BN2O/c1-7-10-5-4-9(12-15)6-11(10)13-8(2)14(7)3/h4-6,12,15H,1H2,2-3H3. The summed E-state index contributed by atoms with van der Waals surface area (Å²) >= 11 is 0. The maximum Gasteiger partial charge on any atom is 0.304 e. The van der Waals surface area contributed by atoms with Gasteiger partial charge in [-0.15, -0.1) is 0 Å². The summed E-state index contributed by atoms with van der Waals surface area (Å²) in [6, 6.07) is 5.75. The van der Waals surface area contributed by atoms with Gasteiger partial charge < -0.3 is 9.92 Å². The molecule has 1 aliphatic rings. The van der Waals surface area contributed by atoms with Crippen molar-refractivity contribution in [1.29, 1.82) is 0 Å². The minimum atomic E-state index is 0.0458. The van der Waals surface area contributed by atoms with Crippen LogP contribution in [0.15, 0.2) is 29.8 Å². The maximum atomic E-state index is 9.04. The van der Waals surface area contributed by atoms with Gasteiger partial charge in [0.05, 0.1) is 5.69 Å². The lowest BCUT2D eigenvalue weighted by Gasteiger charge is -2.27. The fourth-order valence-corrected chi connectivity index (χ4v) is 1.64. The largest absolute Gasteiger partial charge is 0.449 e. The molecular formula is C11H13BN2O. The molecule has 0 bridgehead atoms. The van der Waals surface area contributed by atoms with Crippen molar-refractivity contribution in [1.82, 2.24) is 4.90 Å². The van der Waals surface area contributed by atoms with Crippen LogP contribution in [0.25, 0.3) is 5.70 Å². The highest BCUT2D eigenvalue weighted by Crippen LogP contribution is 2.30. The number of hydrogen-bond acceptors (Lipinski definition) is 3. The number of amidine groups is 1. The molecule has 0 spiro atoms. The molecule has 76 valence electrons. The highest BCUT2D eigenvalue weighted by molar-refractivity contribution is 6.45. The molecule has 1 aliphatic heterocycles. The quantitative estimate of drug-likeness (QED) is 0.674. The summed E-state index contributed by atoms with van der Waals surface area (Å²) < 4.78 is 0. The second-order valence-corrected chi connectivity index (χ2v) is 3.67. The van der Waals surface area contributed by atoms with E-state index in [0.29, 0.717) is 0 Å². The van der Waals surface area contributed by atoms with Crippen molar-refractivity contribution < 1.29 is 5.02 Å². The molecule has 1 heterocycles. The molecule has 0 fully saturated rings. The Morgan fingerprint density at radius 3 is 2.87 bits per heavy atom. The van der Waals surface area contributed by atoms with Gasteiger partial charge in [0, 0.05) is 18.3 Å². The Morgan fingerprint density at radius 2 is 2.20 bits per heavy atom. The Morgan fingerprint density at radius 1 is 1.47 bits per heavy atom. The predicted molar refractivity (Wildman–Crippen MR) is 65.0 cm³/mol. The molecule has 0 saturated carbocycles. The molecule has 2 rings (SSSR count). The molecule has 0 saturated heterocycles. The third-order valence-electron chi connectivity index (χ3n) is 2.73. The first-order chi connectivity index (χ1) is 7.13. The van der Waals surface area contributed by atoms with Gasteiger partial charge in [-0.25, -0.2) is 4.99 Å². The van der Waals surface area contributed by atoms with Crippen LogP contribution in [0, 0.1) is 0 Å². The Balaban J connectivity index is 2.57. The van der Waals surface area contributed by atoms with Crippen LogP contribution in [-0.2, 0) is 0 Å². The van der Waals surface area contributed by atoms with Gasteiger partial charge in [-0.1, -0.05) is 24.2 Å². The zero-order chi connectivity index (χ0) is 11.0. The van der Waals surface area contributed by atoms with Crippen LogP contribution in [0.4, 0.5) is 5.69 Å². The van der Waals surface area contributed by atoms with Gasteiger partial charge in [0.25, 0.3) is 0 Å². The fraction of sp³-hybridized carbons (Fsp3) is 0.182. The van der Waals surface area contributed by atoms with E-state index in [1.807, 2.05) is 37.1 Å². The molecule has 0 atom stereocenters. The van der Waals surface area contributed by atoms with Crippen molar-refractivity contribution >= 4 is 30.2 Å². The van der Waals surface area contributed by atoms with Crippen molar-refractivity contribution in [3.8, 4) is 0 Å². The predicted octanol–water partition coefficient (Wildman–Crippen LogP) is 0.622. The number of rotatable bonds is 1. The summed E-state index contributed by atoms with van der Waals surface area (Å²) in [5, 5.41) is 9.04. The van der Waals surface area contributed by atoms with E-state index in [-0.39, 0.29) is 7.48 Å². The van der Waals surface area contributed by atoms with Crippen LogP contribution in [0.2, 0.25) is 0 Å². The van der Waals surface area contributed by atoms with Crippen LogP contribution >= 0.6 is 0 Å². The number of aliphatic imine (C=N–C) groups is 1. The van der Waals surface area contributed by atoms with Crippen molar-refractivity contribution in [2.45, 2.75) is 6.92 Å². The summed E-state index contributed by atoms with van der Waals surface area (Å²) in [4.78, 5) is 6.42. The van der Waals surface area contributed by atoms with Crippen LogP contribution < -0.4 is 5.46 Å². The molecule has 4 heteroatoms. The minimum absolute atomic E-state index is 0.0458. The lowest BCUT2D eigenvalue weighted by molar-refractivity contribution is 0.615. The summed E-state index contributed by atoms with van der Waals surface area (Å²) in [7, 11) is 1.99. The number of hydrogen-bond donors (Lipinski definition) is 1. The lowest BCUT2D eigenvalue weighted by Crippen LogP contribution is -2.25. The van der Waals surface area contributed by atoms with Crippen LogP contribution in [0.5, 0.6) is 0 Å². The van der Waals surface area contributed by atoms with Crippen LogP contribution in [-0.4, -0.2) is 30.3 Å². The van der Waals surface area contributed by atoms with Crippen molar-refractivity contribution in [2.75, 3.05) is 7.05 Å². The van der Waals surface area contributed by atoms with E-state index in [1.165, 1.54) is 0 Å². The first kappa shape index (κ1) is 9.99. The highest BCUT2D eigenvalue weighted by atomic mass is 16.2. The fourth-order valence-electron chi connectivity index (χ4n) is 1.64. The Hall–Kier alpha value is -1.55. The Labute approximate surface area is 90.0 Å². The van der Waals surface area contributed by atoms with E-state index < -0.39 is 0 Å². The second-order valence-electron chi connectivity index (χ2n) is 3.67. The van der Waals surface area contributed by atoms with Gasteiger partial charge in [-0.2, -0.15) is 0 Å². The van der Waals surface area contributed by atoms with Crippen LogP contribution in [0.3, 0.4) is 0 Å². The smallest absolute Gasteiger partial charge is 0.304 e. The van der Waals surface area contributed by atoms with Crippen molar-refractivity contribution in [3.63, 3.8) is 0 Å². The lowest BCUT2D eigenvalue weighted by atomic mass is 9.87. The Kier molecular flexibility index (Phi) is 2.36. The van der Waals surface area contributed by atoms with E-state index in [0.717, 1.165) is 28.2 Å². The van der Waals surface area contributed by atoms with E-state index in [1.54, 1.807) is 0 Å². The first-order valence-corrected chi connectivity index (χ1v) is 4.85. The molecule has 0 aromatic heterocycles. The molecule has 0 unspecified atom stereocenters. The molecule has 3 nitrogen and oxygen atoms in total. The first-order valence-electron chi connectivity index (χ1n) is 4.85. The Bertz CT molecular complexity index is 454. The molecule has 0 amide bonds. The van der Waals surface area contributed by atoms with Crippen LogP contribution in [0.1, 0.15) is 12.5 Å². The third kappa shape index (κ3) is 1.57. The number of benzene rings is 1. The maximum absolute atomic E-state index is 9.04. The highest BCUT2D eigenvalue weighted by Gasteiger charge is 2.17. The topological polar surface area (TPSA) is 35.8 Å². The van der Waals surface area contributed by atoms with E-state index in [4.69, 9.17) is 5.02 Å². The normalized spacial score (nSPS) is 14.7. The van der Waals surface area contributed by atoms with Gasteiger partial charge in [0.2, 0.25) is 0 Å². The van der Waals surface area contributed by atoms with Gasteiger partial charge in [0.1, 0.15) is 5.84 Å². The van der Waals surface area contributed by atoms with Crippen molar-refractivity contribution in [3.05, 3.63) is 30.3 Å². The molecule has 1 N–H and O–H groups in total. The third-order valence-corrected chi connectivity index (χ3v) is 2.73. The average molecular weight is 200 g/mol. The molecular weight excluding hydrogens is 187 g/mol. The summed E-state index contributed by atoms with van der Waals surface area (Å²) in [6.07, 6.45) is 0. The second kappa shape index (κ2) is 3.55. The van der Waals surface area contributed by atoms with Gasteiger partial charge in [-0.3, -0.25) is 0 Å². The van der Waals surface area contributed by atoms with Gasteiger partial charge in [-0.05, 0) is 13.0 Å². The van der Waals surface area contributed by atoms with E-state index in [9.17, 15) is 0 Å². The molecule has 1 aromatic rings. The summed E-state index contributed by atoms with van der Waals surface area (Å²) in [5.74, 6) is 0.919. The van der Waals surface area contributed by atoms with Gasteiger partial charge >= 0.3 is 7.48 Å². The average Bonchev–Trinajstić information content (AvgIpc) is 2.25. The minimum Gasteiger partial charge on any atom is -0.449 e. The molecule has 0 radical (unpaired) electrons. The monoisotopic (exact) mass is 200 g/mol. The van der Waals surface area contributed by atoms with Crippen molar-refractivity contribution in [2.24, 2.45) is 4.99 Å². The number of fused-ring (bicyclic) bond motifs is 1.